The van der Waals surface area contributed by atoms with Crippen LogP contribution in [0.15, 0.2) is 41.5 Å². The van der Waals surface area contributed by atoms with Crippen LogP contribution in [0.4, 0.5) is 0 Å². The second-order valence-electron chi connectivity index (χ2n) is 5.41. The molecule has 1 aliphatic heterocycles. The Hall–Kier alpha value is -2.15. The number of hydrogen-bond donors (Lipinski definition) is 0. The average molecular weight is 334 g/mol. The molecule has 0 aromatic heterocycles. The fourth-order valence-electron chi connectivity index (χ4n) is 2.28. The maximum Gasteiger partial charge on any atom is 0.338 e. The summed E-state index contributed by atoms with van der Waals surface area (Å²) in [5.41, 5.74) is -0.0233. The highest BCUT2D eigenvalue weighted by atomic mass is 32.2. The minimum Gasteiger partial charge on any atom is -0.465 e. The van der Waals surface area contributed by atoms with Crippen LogP contribution in [0, 0.1) is 16.0 Å². The van der Waals surface area contributed by atoms with Crippen molar-refractivity contribution in [2.24, 2.45) is 10.9 Å². The van der Waals surface area contributed by atoms with E-state index in [4.69, 9.17) is 4.74 Å². The molecule has 2 unspecified atom stereocenters. The lowest BCUT2D eigenvalue weighted by Crippen LogP contribution is -2.48. The maximum atomic E-state index is 11.8. The van der Waals surface area contributed by atoms with E-state index < -0.39 is 11.5 Å². The van der Waals surface area contributed by atoms with Crippen molar-refractivity contribution in [3.05, 3.63) is 57.8 Å². The number of carbonyl (C=O) groups is 1. The summed E-state index contributed by atoms with van der Waals surface area (Å²) < 4.78 is 4.77. The van der Waals surface area contributed by atoms with Crippen LogP contribution < -0.4 is 0 Å². The fourth-order valence-corrected chi connectivity index (χ4v) is 3.51. The molecule has 0 bridgehead atoms. The van der Waals surface area contributed by atoms with Crippen LogP contribution in [0.1, 0.15) is 29.8 Å². The quantitative estimate of drug-likeness (QED) is 0.479. The molecule has 1 aromatic carbocycles. The van der Waals surface area contributed by atoms with Gasteiger partial charge in [-0.05, 0) is 11.6 Å². The highest BCUT2D eigenvalue weighted by molar-refractivity contribution is 8.13. The van der Waals surface area contributed by atoms with Crippen molar-refractivity contribution in [3.8, 4) is 0 Å². The lowest BCUT2D eigenvalue weighted by molar-refractivity contribution is -0.549. The number of hydrogen-bond acceptors (Lipinski definition) is 6. The van der Waals surface area contributed by atoms with Gasteiger partial charge in [-0.1, -0.05) is 43.0 Å². The molecule has 0 fully saturated rings. The first-order valence-electron chi connectivity index (χ1n) is 7.09. The van der Waals surface area contributed by atoms with Crippen molar-refractivity contribution in [3.63, 3.8) is 0 Å². The first-order valence-corrected chi connectivity index (χ1v) is 8.08. The van der Waals surface area contributed by atoms with Gasteiger partial charge in [0.05, 0.1) is 18.6 Å². The zero-order chi connectivity index (χ0) is 17.0. The minimum absolute atomic E-state index is 0.256. The molecular formula is C16H18N2O4S. The zero-order valence-corrected chi connectivity index (χ0v) is 14.0. The Morgan fingerprint density at radius 3 is 2.83 bits per heavy atom. The first-order chi connectivity index (χ1) is 10.9. The Balaban J connectivity index is 2.24. The van der Waals surface area contributed by atoms with Crippen molar-refractivity contribution in [2.75, 3.05) is 7.11 Å². The molecule has 7 heteroatoms. The number of ether oxygens (including phenoxy) is 1. The summed E-state index contributed by atoms with van der Waals surface area (Å²) in [5, 5.41) is 12.0. The number of nitrogens with zero attached hydrogens (tertiary/aromatic N) is 2. The molecule has 122 valence electrons. The predicted molar refractivity (Wildman–Crippen MR) is 90.2 cm³/mol. The molecule has 0 aliphatic carbocycles. The summed E-state index contributed by atoms with van der Waals surface area (Å²) in [7, 11) is 1.33. The Bertz CT molecular complexity index is 686. The molecule has 6 nitrogen and oxygen atoms in total. The molecule has 2 atom stereocenters. The molecule has 2 rings (SSSR count). The molecule has 0 N–H and O–H groups in total. The Morgan fingerprint density at radius 1 is 1.48 bits per heavy atom. The number of thioether (sulfide) groups is 1. The molecule has 0 saturated carbocycles. The fraction of sp³-hybridized carbons (Fsp3) is 0.375. The van der Waals surface area contributed by atoms with Gasteiger partial charge in [0.1, 0.15) is 0 Å². The van der Waals surface area contributed by atoms with Gasteiger partial charge < -0.3 is 4.74 Å². The highest BCUT2D eigenvalue weighted by Gasteiger charge is 2.49. The average Bonchev–Trinajstić information content (AvgIpc) is 2.55. The van der Waals surface area contributed by atoms with Gasteiger partial charge in [-0.25, -0.2) is 9.79 Å². The highest BCUT2D eigenvalue weighted by Crippen LogP contribution is 2.34. The SMILES string of the molecule is COC(=O)c1ccccc1CSC1=NC=CC(C)C1(C)[N+](=O)[O-]. The Labute approximate surface area is 138 Å². The number of esters is 1. The van der Waals surface area contributed by atoms with E-state index in [9.17, 15) is 14.9 Å². The van der Waals surface area contributed by atoms with Crippen LogP contribution in [0.3, 0.4) is 0 Å². The Morgan fingerprint density at radius 2 is 2.17 bits per heavy atom. The topological polar surface area (TPSA) is 81.8 Å². The molecule has 0 saturated heterocycles. The smallest absolute Gasteiger partial charge is 0.338 e. The van der Waals surface area contributed by atoms with Crippen LogP contribution in [-0.2, 0) is 10.5 Å². The van der Waals surface area contributed by atoms with E-state index in [-0.39, 0.29) is 10.8 Å². The zero-order valence-electron chi connectivity index (χ0n) is 13.2. The normalized spacial score (nSPS) is 23.3. The van der Waals surface area contributed by atoms with E-state index in [1.165, 1.54) is 18.9 Å². The summed E-state index contributed by atoms with van der Waals surface area (Å²) in [4.78, 5) is 27.2. The summed E-state index contributed by atoms with van der Waals surface area (Å²) in [6.07, 6.45) is 3.33. The van der Waals surface area contributed by atoms with Crippen LogP contribution in [0.2, 0.25) is 0 Å². The Kier molecular flexibility index (Phi) is 5.20. The predicted octanol–water partition coefficient (Wildman–Crippen LogP) is 3.30. The second kappa shape index (κ2) is 6.95. The first kappa shape index (κ1) is 17.2. The monoisotopic (exact) mass is 334 g/mol. The van der Waals surface area contributed by atoms with Gasteiger partial charge in [0.15, 0.2) is 5.04 Å². The van der Waals surface area contributed by atoms with Crippen molar-refractivity contribution in [2.45, 2.75) is 25.1 Å². The molecule has 1 heterocycles. The lowest BCUT2D eigenvalue weighted by atomic mass is 9.87. The standard InChI is InChI=1S/C16H18N2O4S/c1-11-8-9-17-15(16(11,2)18(20)21)23-10-12-6-4-5-7-13(12)14(19)22-3/h4-9,11H,10H2,1-3H3. The summed E-state index contributed by atoms with van der Waals surface area (Å²) >= 11 is 1.28. The van der Waals surface area contributed by atoms with E-state index in [1.807, 2.05) is 12.1 Å². The number of carbonyl (C=O) groups excluding carboxylic acids is 1. The molecule has 1 aliphatic rings. The number of rotatable bonds is 4. The molecule has 0 spiro atoms. The van der Waals surface area contributed by atoms with Gasteiger partial charge >= 0.3 is 5.97 Å². The third-order valence-electron chi connectivity index (χ3n) is 4.05. The second-order valence-corrected chi connectivity index (χ2v) is 6.37. The van der Waals surface area contributed by atoms with Crippen molar-refractivity contribution >= 4 is 22.8 Å². The van der Waals surface area contributed by atoms with Gasteiger partial charge in [0.25, 0.3) is 5.54 Å². The number of methoxy groups -OCH3 is 1. The van der Waals surface area contributed by atoms with Crippen molar-refractivity contribution < 1.29 is 14.5 Å². The van der Waals surface area contributed by atoms with E-state index in [2.05, 4.69) is 4.99 Å². The van der Waals surface area contributed by atoms with Crippen molar-refractivity contribution in [1.29, 1.82) is 0 Å². The van der Waals surface area contributed by atoms with Crippen molar-refractivity contribution in [1.82, 2.24) is 0 Å². The largest absolute Gasteiger partial charge is 0.465 e. The minimum atomic E-state index is -1.25. The van der Waals surface area contributed by atoms with Gasteiger partial charge in [0.2, 0.25) is 0 Å². The third kappa shape index (κ3) is 3.29. The summed E-state index contributed by atoms with van der Waals surface area (Å²) in [5.74, 6) is -0.265. The van der Waals surface area contributed by atoms with E-state index in [1.54, 1.807) is 38.3 Å². The van der Waals surface area contributed by atoms with Crippen LogP contribution in [0.5, 0.6) is 0 Å². The van der Waals surface area contributed by atoms with Gasteiger partial charge in [-0.15, -0.1) is 0 Å². The molecular weight excluding hydrogens is 316 g/mol. The number of nitro groups is 1. The van der Waals surface area contributed by atoms with Gasteiger partial charge in [0, 0.05) is 23.8 Å². The van der Waals surface area contributed by atoms with Crippen LogP contribution in [0.25, 0.3) is 0 Å². The summed E-state index contributed by atoms with van der Waals surface area (Å²) in [6.45, 7) is 3.39. The summed E-state index contributed by atoms with van der Waals surface area (Å²) in [6, 6.07) is 7.07. The third-order valence-corrected chi connectivity index (χ3v) is 5.30. The van der Waals surface area contributed by atoms with Gasteiger partial charge in [-0.3, -0.25) is 10.1 Å². The van der Waals surface area contributed by atoms with Crippen LogP contribution >= 0.6 is 11.8 Å². The molecule has 1 aromatic rings. The van der Waals surface area contributed by atoms with E-state index in [0.717, 1.165) is 5.56 Å². The molecule has 0 radical (unpaired) electrons. The number of benzene rings is 1. The van der Waals surface area contributed by atoms with E-state index in [0.29, 0.717) is 16.4 Å². The van der Waals surface area contributed by atoms with Crippen LogP contribution in [-0.4, -0.2) is 28.6 Å². The molecule has 0 amide bonds. The lowest BCUT2D eigenvalue weighted by Gasteiger charge is -2.28. The van der Waals surface area contributed by atoms with Gasteiger partial charge in [-0.2, -0.15) is 0 Å². The van der Waals surface area contributed by atoms with E-state index >= 15 is 0 Å². The maximum absolute atomic E-state index is 11.8. The molecule has 23 heavy (non-hydrogen) atoms. The number of aliphatic imine (C=N–C) groups is 1.